The van der Waals surface area contributed by atoms with Crippen LogP contribution in [0.4, 0.5) is 0 Å². The lowest BCUT2D eigenvalue weighted by molar-refractivity contribution is 0.112. The van der Waals surface area contributed by atoms with Crippen LogP contribution in [-0.4, -0.2) is 14.7 Å². The number of fused-ring (bicyclic) bond motifs is 1. The third-order valence-electron chi connectivity index (χ3n) is 4.96. The van der Waals surface area contributed by atoms with Crippen molar-refractivity contribution in [1.82, 2.24) is 9.55 Å². The Labute approximate surface area is 153 Å². The molecule has 0 aliphatic heterocycles. The van der Waals surface area contributed by atoms with Crippen LogP contribution in [-0.2, 0) is 12.1 Å². The Morgan fingerprint density at radius 2 is 1.46 bits per heavy atom. The van der Waals surface area contributed by atoms with Crippen LogP contribution in [0.5, 0.6) is 0 Å². The van der Waals surface area contributed by atoms with Crippen LogP contribution in [0.25, 0.3) is 11.0 Å². The van der Waals surface area contributed by atoms with Gasteiger partial charge in [-0.25, -0.2) is 4.98 Å². The predicted octanol–water partition coefficient (Wildman–Crippen LogP) is 4.65. The highest BCUT2D eigenvalue weighted by Gasteiger charge is 2.38. The van der Waals surface area contributed by atoms with E-state index in [9.17, 15) is 5.11 Å². The lowest BCUT2D eigenvalue weighted by Gasteiger charge is -2.29. The van der Waals surface area contributed by atoms with Gasteiger partial charge < -0.3 is 9.67 Å². The van der Waals surface area contributed by atoms with E-state index in [1.54, 1.807) is 0 Å². The zero-order valence-electron chi connectivity index (χ0n) is 15.1. The molecule has 3 heteroatoms. The van der Waals surface area contributed by atoms with E-state index in [0.29, 0.717) is 5.82 Å². The summed E-state index contributed by atoms with van der Waals surface area (Å²) in [6.07, 6.45) is 0. The Morgan fingerprint density at radius 3 is 2.15 bits per heavy atom. The van der Waals surface area contributed by atoms with Crippen LogP contribution in [0.2, 0.25) is 0 Å². The predicted molar refractivity (Wildman–Crippen MR) is 105 cm³/mol. The highest BCUT2D eigenvalue weighted by Crippen LogP contribution is 2.37. The molecule has 0 amide bonds. The first-order valence-corrected chi connectivity index (χ1v) is 8.95. The monoisotopic (exact) mass is 342 g/mol. The van der Waals surface area contributed by atoms with E-state index in [1.807, 2.05) is 79.7 Å². The molecule has 3 aromatic carbocycles. The molecule has 0 saturated carbocycles. The van der Waals surface area contributed by atoms with Crippen molar-refractivity contribution >= 4 is 11.0 Å². The van der Waals surface area contributed by atoms with E-state index in [1.165, 1.54) is 0 Å². The van der Waals surface area contributed by atoms with E-state index in [0.717, 1.165) is 34.3 Å². The molecule has 1 N–H and O–H groups in total. The quantitative estimate of drug-likeness (QED) is 0.586. The van der Waals surface area contributed by atoms with Gasteiger partial charge in [0.1, 0.15) is 0 Å². The molecule has 1 atom stereocenters. The van der Waals surface area contributed by atoms with Crippen molar-refractivity contribution in [3.63, 3.8) is 0 Å². The van der Waals surface area contributed by atoms with Crippen LogP contribution in [0.3, 0.4) is 0 Å². The van der Waals surface area contributed by atoms with Crippen molar-refractivity contribution in [1.29, 1.82) is 0 Å². The number of aliphatic hydroxyl groups is 1. The SMILES string of the molecule is CCn1c(C(O)(c2ccccc2)c2ccc(C)cc2)nc2ccccc21. The van der Waals surface area contributed by atoms with Gasteiger partial charge in [-0.05, 0) is 37.1 Å². The molecule has 4 aromatic rings. The molecule has 1 unspecified atom stereocenters. The maximum Gasteiger partial charge on any atom is 0.173 e. The first-order chi connectivity index (χ1) is 12.6. The van der Waals surface area contributed by atoms with Crippen LogP contribution in [0.15, 0.2) is 78.9 Å². The molecule has 0 bridgehead atoms. The minimum absolute atomic E-state index is 0.649. The molecule has 0 spiro atoms. The van der Waals surface area contributed by atoms with Gasteiger partial charge in [0.15, 0.2) is 11.4 Å². The molecule has 0 aliphatic carbocycles. The molecule has 0 aliphatic rings. The minimum Gasteiger partial charge on any atom is -0.373 e. The van der Waals surface area contributed by atoms with Gasteiger partial charge in [-0.3, -0.25) is 0 Å². The summed E-state index contributed by atoms with van der Waals surface area (Å²) in [5.74, 6) is 0.649. The lowest BCUT2D eigenvalue weighted by Crippen LogP contribution is -2.32. The maximum absolute atomic E-state index is 12.0. The fraction of sp³-hybridized carbons (Fsp3) is 0.174. The van der Waals surface area contributed by atoms with Crippen molar-refractivity contribution in [2.24, 2.45) is 0 Å². The summed E-state index contributed by atoms with van der Waals surface area (Å²) in [4.78, 5) is 4.84. The van der Waals surface area contributed by atoms with Crippen molar-refractivity contribution in [2.45, 2.75) is 26.0 Å². The van der Waals surface area contributed by atoms with Crippen LogP contribution < -0.4 is 0 Å². The minimum atomic E-state index is -1.32. The molecule has 4 rings (SSSR count). The Balaban J connectivity index is 2.05. The lowest BCUT2D eigenvalue weighted by atomic mass is 9.85. The molecule has 0 radical (unpaired) electrons. The summed E-state index contributed by atoms with van der Waals surface area (Å²) in [6, 6.07) is 25.8. The number of imidazole rings is 1. The smallest absolute Gasteiger partial charge is 0.173 e. The summed E-state index contributed by atoms with van der Waals surface area (Å²) in [5, 5.41) is 12.0. The topological polar surface area (TPSA) is 38.0 Å². The van der Waals surface area contributed by atoms with E-state index in [2.05, 4.69) is 17.6 Å². The second kappa shape index (κ2) is 6.43. The van der Waals surface area contributed by atoms with E-state index in [-0.39, 0.29) is 0 Å². The first kappa shape index (κ1) is 16.6. The van der Waals surface area contributed by atoms with Crippen molar-refractivity contribution in [3.8, 4) is 0 Å². The Morgan fingerprint density at radius 1 is 0.846 bits per heavy atom. The standard InChI is InChI=1S/C23H22N2O/c1-3-25-21-12-8-7-11-20(21)24-22(25)23(26,18-9-5-4-6-10-18)19-15-13-17(2)14-16-19/h4-16,26H,3H2,1-2H3. The second-order valence-electron chi connectivity index (χ2n) is 6.61. The third kappa shape index (κ3) is 2.52. The van der Waals surface area contributed by atoms with Crippen molar-refractivity contribution in [2.75, 3.05) is 0 Å². The number of nitrogens with zero attached hydrogens (tertiary/aromatic N) is 2. The number of rotatable bonds is 4. The highest BCUT2D eigenvalue weighted by molar-refractivity contribution is 5.76. The number of hydrogen-bond donors (Lipinski definition) is 1. The molecule has 0 saturated heterocycles. The van der Waals surface area contributed by atoms with Gasteiger partial charge >= 0.3 is 0 Å². The van der Waals surface area contributed by atoms with Crippen molar-refractivity contribution < 1.29 is 5.11 Å². The Bertz CT molecular complexity index is 1030. The van der Waals surface area contributed by atoms with Gasteiger partial charge in [0.25, 0.3) is 0 Å². The van der Waals surface area contributed by atoms with Gasteiger partial charge in [0.05, 0.1) is 11.0 Å². The first-order valence-electron chi connectivity index (χ1n) is 8.95. The van der Waals surface area contributed by atoms with Gasteiger partial charge in [0.2, 0.25) is 0 Å². The molecule has 0 fully saturated rings. The summed E-state index contributed by atoms with van der Waals surface area (Å²) in [6.45, 7) is 4.86. The fourth-order valence-electron chi connectivity index (χ4n) is 3.57. The maximum atomic E-state index is 12.0. The van der Waals surface area contributed by atoms with Gasteiger partial charge in [-0.15, -0.1) is 0 Å². The van der Waals surface area contributed by atoms with Gasteiger partial charge in [-0.2, -0.15) is 0 Å². The molecule has 130 valence electrons. The average Bonchev–Trinajstić information content (AvgIpc) is 3.07. The Hall–Kier alpha value is -2.91. The van der Waals surface area contributed by atoms with E-state index < -0.39 is 5.60 Å². The van der Waals surface area contributed by atoms with Crippen LogP contribution >= 0.6 is 0 Å². The van der Waals surface area contributed by atoms with Gasteiger partial charge in [0, 0.05) is 6.54 Å². The summed E-state index contributed by atoms with van der Waals surface area (Å²) in [7, 11) is 0. The number of hydrogen-bond acceptors (Lipinski definition) is 2. The number of aryl methyl sites for hydroxylation is 2. The summed E-state index contributed by atoms with van der Waals surface area (Å²) in [5.41, 5.74) is 3.41. The fourth-order valence-corrected chi connectivity index (χ4v) is 3.57. The second-order valence-corrected chi connectivity index (χ2v) is 6.61. The number of para-hydroxylation sites is 2. The normalized spacial score (nSPS) is 13.7. The number of aromatic nitrogens is 2. The zero-order chi connectivity index (χ0) is 18.1. The summed E-state index contributed by atoms with van der Waals surface area (Å²) >= 11 is 0. The highest BCUT2D eigenvalue weighted by atomic mass is 16.3. The van der Waals surface area contributed by atoms with Crippen molar-refractivity contribution in [3.05, 3.63) is 101 Å². The molecular formula is C23H22N2O. The third-order valence-corrected chi connectivity index (χ3v) is 4.96. The summed E-state index contributed by atoms with van der Waals surface area (Å²) < 4.78 is 2.10. The van der Waals surface area contributed by atoms with E-state index in [4.69, 9.17) is 4.98 Å². The van der Waals surface area contributed by atoms with Gasteiger partial charge in [-0.1, -0.05) is 72.3 Å². The van der Waals surface area contributed by atoms with Crippen LogP contribution in [0.1, 0.15) is 29.4 Å². The molecular weight excluding hydrogens is 320 g/mol. The number of benzene rings is 3. The zero-order valence-corrected chi connectivity index (χ0v) is 15.1. The van der Waals surface area contributed by atoms with Crippen LogP contribution in [0, 0.1) is 6.92 Å². The molecule has 1 heterocycles. The largest absolute Gasteiger partial charge is 0.373 e. The average molecular weight is 342 g/mol. The molecule has 3 nitrogen and oxygen atoms in total. The molecule has 26 heavy (non-hydrogen) atoms. The molecule has 1 aromatic heterocycles. The Kier molecular flexibility index (Phi) is 4.09. The van der Waals surface area contributed by atoms with E-state index >= 15 is 0 Å².